The van der Waals surface area contributed by atoms with E-state index < -0.39 is 0 Å². The van der Waals surface area contributed by atoms with Crippen molar-refractivity contribution in [3.05, 3.63) is 68.5 Å². The number of rotatable bonds is 8. The van der Waals surface area contributed by atoms with Crippen LogP contribution in [-0.2, 0) is 9.59 Å². The molecule has 0 bridgehead atoms. The van der Waals surface area contributed by atoms with Gasteiger partial charge in [0.15, 0.2) is 0 Å². The number of benzene rings is 2. The van der Waals surface area contributed by atoms with Crippen LogP contribution in [0.4, 0.5) is 5.69 Å². The van der Waals surface area contributed by atoms with Crippen molar-refractivity contribution in [1.29, 1.82) is 0 Å². The van der Waals surface area contributed by atoms with Gasteiger partial charge in [-0.3, -0.25) is 14.5 Å². The highest BCUT2D eigenvalue weighted by molar-refractivity contribution is 9.10. The van der Waals surface area contributed by atoms with E-state index in [0.29, 0.717) is 27.2 Å². The molecule has 0 aliphatic carbocycles. The van der Waals surface area contributed by atoms with E-state index in [1.165, 1.54) is 11.8 Å². The smallest absolute Gasteiger partial charge is 0.266 e. The monoisotopic (exact) mass is 522 g/mol. The van der Waals surface area contributed by atoms with Crippen LogP contribution in [0.2, 0.25) is 5.02 Å². The van der Waals surface area contributed by atoms with Gasteiger partial charge in [-0.15, -0.1) is 0 Å². The Labute approximate surface area is 199 Å². The highest BCUT2D eigenvalue weighted by atomic mass is 79.9. The molecule has 156 valence electrons. The number of amides is 2. The molecule has 0 atom stereocenters. The van der Waals surface area contributed by atoms with Gasteiger partial charge in [0.2, 0.25) is 5.91 Å². The second kappa shape index (κ2) is 11.1. The van der Waals surface area contributed by atoms with Gasteiger partial charge in [0.25, 0.3) is 5.91 Å². The first-order valence-corrected chi connectivity index (χ1v) is 11.9. The summed E-state index contributed by atoms with van der Waals surface area (Å²) in [6.07, 6.45) is 4.69. The van der Waals surface area contributed by atoms with Crippen LogP contribution in [0.3, 0.4) is 0 Å². The largest absolute Gasteiger partial charge is 0.326 e. The maximum absolute atomic E-state index is 12.7. The summed E-state index contributed by atoms with van der Waals surface area (Å²) in [5.74, 6) is -0.0784. The zero-order valence-corrected chi connectivity index (χ0v) is 20.0. The van der Waals surface area contributed by atoms with Gasteiger partial charge in [0.1, 0.15) is 4.32 Å². The van der Waals surface area contributed by atoms with Crippen LogP contribution < -0.4 is 5.32 Å². The average molecular weight is 524 g/mol. The number of hydrogen-bond donors (Lipinski definition) is 1. The van der Waals surface area contributed by atoms with Gasteiger partial charge in [-0.25, -0.2) is 0 Å². The summed E-state index contributed by atoms with van der Waals surface area (Å²) in [5.41, 5.74) is 1.69. The van der Waals surface area contributed by atoms with Gasteiger partial charge in [0.05, 0.1) is 4.91 Å². The molecule has 30 heavy (non-hydrogen) atoms. The van der Waals surface area contributed by atoms with Crippen LogP contribution in [0.25, 0.3) is 6.08 Å². The Kier molecular flexibility index (Phi) is 8.50. The topological polar surface area (TPSA) is 49.4 Å². The van der Waals surface area contributed by atoms with Crippen LogP contribution in [-0.4, -0.2) is 27.6 Å². The summed E-state index contributed by atoms with van der Waals surface area (Å²) in [6, 6.07) is 14.8. The highest BCUT2D eigenvalue weighted by Gasteiger charge is 2.31. The molecule has 0 unspecified atom stereocenters. The first kappa shape index (κ1) is 23.0. The number of carbonyl (C=O) groups is 2. The third-order valence-corrected chi connectivity index (χ3v) is 6.56. The number of carbonyl (C=O) groups excluding carboxylic acids is 2. The van der Waals surface area contributed by atoms with Crippen molar-refractivity contribution in [3.63, 3.8) is 0 Å². The van der Waals surface area contributed by atoms with Crippen molar-refractivity contribution in [2.45, 2.75) is 25.7 Å². The first-order chi connectivity index (χ1) is 14.4. The van der Waals surface area contributed by atoms with Gasteiger partial charge < -0.3 is 5.32 Å². The van der Waals surface area contributed by atoms with Gasteiger partial charge in [-0.05, 0) is 60.9 Å². The average Bonchev–Trinajstić information content (AvgIpc) is 2.96. The van der Waals surface area contributed by atoms with E-state index in [-0.39, 0.29) is 11.8 Å². The first-order valence-electron chi connectivity index (χ1n) is 9.49. The van der Waals surface area contributed by atoms with E-state index in [2.05, 4.69) is 21.2 Å². The standard InChI is InChI=1S/C22H20BrClN2O2S2/c23-16-6-4-5-15(13-16)14-19-21(28)26(22(29)30-19)12-3-1-2-7-20(27)25-18-10-8-17(24)9-11-18/h4-6,8-11,13-14H,1-3,7,12H2,(H,25,27)/b19-14-. The lowest BCUT2D eigenvalue weighted by molar-refractivity contribution is -0.122. The predicted molar refractivity (Wildman–Crippen MR) is 133 cm³/mol. The number of thioether (sulfide) groups is 1. The third-order valence-electron chi connectivity index (χ3n) is 4.43. The Morgan fingerprint density at radius 2 is 1.93 bits per heavy atom. The Hall–Kier alpha value is -1.67. The Bertz CT molecular complexity index is 979. The van der Waals surface area contributed by atoms with Gasteiger partial charge in [0, 0.05) is 28.1 Å². The van der Waals surface area contributed by atoms with Crippen molar-refractivity contribution in [3.8, 4) is 0 Å². The van der Waals surface area contributed by atoms with Crippen molar-refractivity contribution >= 4 is 79.4 Å². The summed E-state index contributed by atoms with van der Waals surface area (Å²) < 4.78 is 1.55. The molecule has 0 saturated carbocycles. The van der Waals surface area contributed by atoms with E-state index >= 15 is 0 Å². The van der Waals surface area contributed by atoms with Gasteiger partial charge >= 0.3 is 0 Å². The molecule has 0 radical (unpaired) electrons. The molecule has 1 fully saturated rings. The van der Waals surface area contributed by atoms with E-state index in [0.717, 1.165) is 35.0 Å². The summed E-state index contributed by atoms with van der Waals surface area (Å²) in [5, 5.41) is 3.49. The molecule has 1 saturated heterocycles. The SMILES string of the molecule is O=C(CCCCCN1C(=O)/C(=C/c2cccc(Br)c2)SC1=S)Nc1ccc(Cl)cc1. The lowest BCUT2D eigenvalue weighted by atomic mass is 10.1. The summed E-state index contributed by atoms with van der Waals surface area (Å²) in [4.78, 5) is 27.0. The fourth-order valence-corrected chi connectivity index (χ4v) is 4.78. The van der Waals surface area contributed by atoms with Crippen molar-refractivity contribution in [2.75, 3.05) is 11.9 Å². The van der Waals surface area contributed by atoms with E-state index in [9.17, 15) is 9.59 Å². The molecule has 4 nitrogen and oxygen atoms in total. The summed E-state index contributed by atoms with van der Waals surface area (Å²) in [6.45, 7) is 0.569. The summed E-state index contributed by atoms with van der Waals surface area (Å²) in [7, 11) is 0. The molecular weight excluding hydrogens is 504 g/mol. The molecule has 1 aliphatic rings. The normalized spacial score (nSPS) is 15.1. The molecule has 3 rings (SSSR count). The van der Waals surface area contributed by atoms with Crippen LogP contribution in [0.1, 0.15) is 31.2 Å². The number of nitrogens with one attached hydrogen (secondary N) is 1. The Morgan fingerprint density at radius 3 is 2.67 bits per heavy atom. The number of unbranched alkanes of at least 4 members (excludes halogenated alkanes) is 2. The molecule has 2 amide bonds. The van der Waals surface area contributed by atoms with E-state index in [4.69, 9.17) is 23.8 Å². The lowest BCUT2D eigenvalue weighted by Crippen LogP contribution is -2.29. The number of thiocarbonyl (C=S) groups is 1. The molecule has 0 aromatic heterocycles. The van der Waals surface area contributed by atoms with Crippen molar-refractivity contribution in [2.24, 2.45) is 0 Å². The van der Waals surface area contributed by atoms with E-state index in [1.54, 1.807) is 29.2 Å². The fourth-order valence-electron chi connectivity index (χ4n) is 2.93. The second-order valence-corrected chi connectivity index (χ2v) is 9.78. The number of nitrogens with zero attached hydrogens (tertiary/aromatic N) is 1. The van der Waals surface area contributed by atoms with Crippen LogP contribution in [0, 0.1) is 0 Å². The minimum absolute atomic E-state index is 0.0279. The molecule has 1 aliphatic heterocycles. The molecule has 1 heterocycles. The Morgan fingerprint density at radius 1 is 1.17 bits per heavy atom. The number of hydrogen-bond acceptors (Lipinski definition) is 4. The number of halogens is 2. The zero-order chi connectivity index (χ0) is 21.5. The maximum Gasteiger partial charge on any atom is 0.266 e. The van der Waals surface area contributed by atoms with Crippen molar-refractivity contribution in [1.82, 2.24) is 4.90 Å². The minimum atomic E-state index is -0.0505. The minimum Gasteiger partial charge on any atom is -0.326 e. The van der Waals surface area contributed by atoms with Crippen LogP contribution >= 0.6 is 51.5 Å². The fraction of sp³-hybridized carbons (Fsp3) is 0.227. The van der Waals surface area contributed by atoms with Gasteiger partial charge in [-0.1, -0.05) is 70.1 Å². The Balaban J connectivity index is 1.41. The van der Waals surface area contributed by atoms with Gasteiger partial charge in [-0.2, -0.15) is 0 Å². The molecule has 2 aromatic rings. The molecule has 1 N–H and O–H groups in total. The number of anilines is 1. The maximum atomic E-state index is 12.7. The van der Waals surface area contributed by atoms with E-state index in [1.807, 2.05) is 30.3 Å². The van der Waals surface area contributed by atoms with Crippen molar-refractivity contribution < 1.29 is 9.59 Å². The molecular formula is C22H20BrClN2O2S2. The molecule has 8 heteroatoms. The molecule has 2 aromatic carbocycles. The van der Waals surface area contributed by atoms with Crippen LogP contribution in [0.15, 0.2) is 57.9 Å². The highest BCUT2D eigenvalue weighted by Crippen LogP contribution is 2.33. The third kappa shape index (κ3) is 6.67. The summed E-state index contributed by atoms with van der Waals surface area (Å²) >= 11 is 16.0. The lowest BCUT2D eigenvalue weighted by Gasteiger charge is -2.14. The molecule has 0 spiro atoms. The second-order valence-electron chi connectivity index (χ2n) is 6.75. The predicted octanol–water partition coefficient (Wildman–Crippen LogP) is 6.50. The quantitative estimate of drug-likeness (QED) is 0.244. The van der Waals surface area contributed by atoms with Crippen LogP contribution in [0.5, 0.6) is 0 Å². The zero-order valence-electron chi connectivity index (χ0n) is 16.1.